The van der Waals surface area contributed by atoms with Gasteiger partial charge in [-0.2, -0.15) is 0 Å². The predicted molar refractivity (Wildman–Crippen MR) is 91.8 cm³/mol. The molecule has 0 spiro atoms. The molecule has 0 saturated carbocycles. The zero-order chi connectivity index (χ0) is 17.2. The van der Waals surface area contributed by atoms with E-state index in [0.29, 0.717) is 30.1 Å². The van der Waals surface area contributed by atoms with Gasteiger partial charge in [-0.05, 0) is 30.7 Å². The van der Waals surface area contributed by atoms with Crippen LogP contribution in [0.15, 0.2) is 53.4 Å². The molecule has 0 radical (unpaired) electrons. The summed E-state index contributed by atoms with van der Waals surface area (Å²) in [5.41, 5.74) is 1.04. The van der Waals surface area contributed by atoms with Crippen LogP contribution >= 0.6 is 0 Å². The third kappa shape index (κ3) is 3.21. The molecule has 2 aromatic carbocycles. The maximum atomic E-state index is 12.4. The molecule has 24 heavy (non-hydrogen) atoms. The van der Waals surface area contributed by atoms with E-state index in [1.54, 1.807) is 41.3 Å². The number of nitrogens with one attached hydrogen (secondary N) is 1. The first-order valence-electron chi connectivity index (χ1n) is 7.57. The quantitative estimate of drug-likeness (QED) is 0.903. The Morgan fingerprint density at radius 1 is 1.12 bits per heavy atom. The smallest absolute Gasteiger partial charge is 0.261 e. The van der Waals surface area contributed by atoms with Crippen molar-refractivity contribution in [3.8, 4) is 5.75 Å². The molecule has 1 heterocycles. The summed E-state index contributed by atoms with van der Waals surface area (Å²) in [6.45, 7) is 0.643. The van der Waals surface area contributed by atoms with E-state index in [2.05, 4.69) is 4.72 Å². The first kappa shape index (κ1) is 16.3. The van der Waals surface area contributed by atoms with E-state index in [1.165, 1.54) is 19.2 Å². The van der Waals surface area contributed by atoms with Crippen LogP contribution in [-0.2, 0) is 14.8 Å². The second-order valence-corrected chi connectivity index (χ2v) is 7.14. The minimum atomic E-state index is -3.67. The van der Waals surface area contributed by atoms with E-state index in [4.69, 9.17) is 4.74 Å². The second kappa shape index (κ2) is 6.52. The van der Waals surface area contributed by atoms with E-state index < -0.39 is 10.0 Å². The molecular weight excluding hydrogens is 328 g/mol. The number of amides is 1. The van der Waals surface area contributed by atoms with Gasteiger partial charge in [-0.1, -0.05) is 18.2 Å². The molecule has 0 aromatic heterocycles. The highest BCUT2D eigenvalue weighted by atomic mass is 32.2. The fourth-order valence-corrected chi connectivity index (χ4v) is 3.75. The van der Waals surface area contributed by atoms with Crippen molar-refractivity contribution >= 4 is 27.3 Å². The molecule has 0 aliphatic carbocycles. The molecule has 1 aliphatic heterocycles. The third-order valence-corrected chi connectivity index (χ3v) is 5.25. The summed E-state index contributed by atoms with van der Waals surface area (Å²) in [4.78, 5) is 13.7. The van der Waals surface area contributed by atoms with E-state index in [0.717, 1.165) is 6.42 Å². The fraction of sp³-hybridized carbons (Fsp3) is 0.235. The summed E-state index contributed by atoms with van der Waals surface area (Å²) >= 11 is 0. The van der Waals surface area contributed by atoms with Gasteiger partial charge in [0.2, 0.25) is 5.91 Å². The van der Waals surface area contributed by atoms with Crippen LogP contribution in [0.3, 0.4) is 0 Å². The molecule has 1 saturated heterocycles. The van der Waals surface area contributed by atoms with Crippen molar-refractivity contribution in [1.29, 1.82) is 0 Å². The van der Waals surface area contributed by atoms with Gasteiger partial charge in [0.05, 0.1) is 23.4 Å². The monoisotopic (exact) mass is 346 g/mol. The van der Waals surface area contributed by atoms with Crippen molar-refractivity contribution in [1.82, 2.24) is 0 Å². The number of sulfonamides is 1. The normalized spacial score (nSPS) is 14.7. The van der Waals surface area contributed by atoms with Crippen molar-refractivity contribution in [3.63, 3.8) is 0 Å². The molecule has 0 unspecified atom stereocenters. The Morgan fingerprint density at radius 3 is 2.50 bits per heavy atom. The van der Waals surface area contributed by atoms with Gasteiger partial charge in [-0.3, -0.25) is 9.52 Å². The second-order valence-electron chi connectivity index (χ2n) is 5.45. The number of hydrogen-bond donors (Lipinski definition) is 1. The number of carbonyl (C=O) groups is 1. The molecule has 1 amide bonds. The largest absolute Gasteiger partial charge is 0.494 e. The van der Waals surface area contributed by atoms with Crippen LogP contribution in [0.25, 0.3) is 0 Å². The Morgan fingerprint density at radius 2 is 1.88 bits per heavy atom. The van der Waals surface area contributed by atoms with E-state index in [1.807, 2.05) is 0 Å². The number of hydrogen-bond acceptors (Lipinski definition) is 4. The maximum Gasteiger partial charge on any atom is 0.261 e. The first-order chi connectivity index (χ1) is 11.5. The van der Waals surface area contributed by atoms with Gasteiger partial charge < -0.3 is 9.64 Å². The maximum absolute atomic E-state index is 12.4. The highest BCUT2D eigenvalue weighted by molar-refractivity contribution is 7.92. The Bertz CT molecular complexity index is 850. The Kier molecular flexibility index (Phi) is 4.44. The van der Waals surface area contributed by atoms with Crippen molar-refractivity contribution < 1.29 is 17.9 Å². The molecule has 1 aliphatic rings. The topological polar surface area (TPSA) is 75.7 Å². The minimum Gasteiger partial charge on any atom is -0.494 e. The van der Waals surface area contributed by atoms with Crippen molar-refractivity contribution in [2.24, 2.45) is 0 Å². The minimum absolute atomic E-state index is 0.0471. The van der Waals surface area contributed by atoms with Crippen molar-refractivity contribution in [2.45, 2.75) is 17.7 Å². The lowest BCUT2D eigenvalue weighted by Crippen LogP contribution is -2.24. The van der Waals surface area contributed by atoms with Gasteiger partial charge in [0.1, 0.15) is 5.75 Å². The molecule has 3 rings (SSSR count). The van der Waals surface area contributed by atoms with Crippen LogP contribution in [0.4, 0.5) is 11.4 Å². The Hall–Kier alpha value is -2.54. The average Bonchev–Trinajstić information content (AvgIpc) is 3.01. The molecular formula is C17H18N2O4S. The van der Waals surface area contributed by atoms with E-state index >= 15 is 0 Å². The summed E-state index contributed by atoms with van der Waals surface area (Å²) in [7, 11) is -2.17. The highest BCUT2D eigenvalue weighted by Gasteiger charge is 2.25. The molecule has 0 bridgehead atoms. The number of benzene rings is 2. The summed E-state index contributed by atoms with van der Waals surface area (Å²) < 4.78 is 32.6. The van der Waals surface area contributed by atoms with Crippen LogP contribution < -0.4 is 14.4 Å². The lowest BCUT2D eigenvalue weighted by molar-refractivity contribution is -0.117. The molecule has 1 fully saturated rings. The molecule has 0 atom stereocenters. The van der Waals surface area contributed by atoms with Gasteiger partial charge >= 0.3 is 0 Å². The predicted octanol–water partition coefficient (Wildman–Crippen LogP) is 2.62. The average molecular weight is 346 g/mol. The van der Waals surface area contributed by atoms with Gasteiger partial charge in [-0.15, -0.1) is 0 Å². The standard InChI is InChI=1S/C17H18N2O4S/c1-23-16-12-13(9-10-15(16)19-11-5-8-17(19)20)18-24(21,22)14-6-3-2-4-7-14/h2-4,6-7,9-10,12,18H,5,8,11H2,1H3. The van der Waals surface area contributed by atoms with Crippen LogP contribution in [-0.4, -0.2) is 28.0 Å². The van der Waals surface area contributed by atoms with Crippen molar-refractivity contribution in [3.05, 3.63) is 48.5 Å². The fourth-order valence-electron chi connectivity index (χ4n) is 2.68. The third-order valence-electron chi connectivity index (χ3n) is 3.85. The highest BCUT2D eigenvalue weighted by Crippen LogP contribution is 2.34. The number of ether oxygens (including phenoxy) is 1. The molecule has 6 nitrogen and oxygen atoms in total. The Balaban J connectivity index is 1.89. The number of nitrogens with zero attached hydrogens (tertiary/aromatic N) is 1. The summed E-state index contributed by atoms with van der Waals surface area (Å²) in [5.74, 6) is 0.504. The SMILES string of the molecule is COc1cc(NS(=O)(=O)c2ccccc2)ccc1N1CCCC1=O. The van der Waals surface area contributed by atoms with Crippen LogP contribution in [0.2, 0.25) is 0 Å². The van der Waals surface area contributed by atoms with Crippen LogP contribution in [0, 0.1) is 0 Å². The first-order valence-corrected chi connectivity index (χ1v) is 9.06. The van der Waals surface area contributed by atoms with Crippen LogP contribution in [0.5, 0.6) is 5.75 Å². The number of anilines is 2. The van der Waals surface area contributed by atoms with Gasteiger partial charge in [0.25, 0.3) is 10.0 Å². The van der Waals surface area contributed by atoms with Gasteiger partial charge in [-0.25, -0.2) is 8.42 Å². The lowest BCUT2D eigenvalue weighted by atomic mass is 10.2. The van der Waals surface area contributed by atoms with Gasteiger partial charge in [0.15, 0.2) is 0 Å². The summed E-state index contributed by atoms with van der Waals surface area (Å²) in [5, 5.41) is 0. The molecule has 126 valence electrons. The summed E-state index contributed by atoms with van der Waals surface area (Å²) in [6.07, 6.45) is 1.33. The van der Waals surface area contributed by atoms with Crippen LogP contribution in [0.1, 0.15) is 12.8 Å². The summed E-state index contributed by atoms with van der Waals surface area (Å²) in [6, 6.07) is 13.0. The number of carbonyl (C=O) groups excluding carboxylic acids is 1. The molecule has 7 heteroatoms. The number of methoxy groups -OCH3 is 1. The zero-order valence-corrected chi connectivity index (χ0v) is 14.0. The van der Waals surface area contributed by atoms with E-state index in [9.17, 15) is 13.2 Å². The van der Waals surface area contributed by atoms with Gasteiger partial charge in [0, 0.05) is 19.0 Å². The van der Waals surface area contributed by atoms with Crippen molar-refractivity contribution in [2.75, 3.05) is 23.3 Å². The molecule has 2 aromatic rings. The molecule has 1 N–H and O–H groups in total. The van der Waals surface area contributed by atoms with E-state index in [-0.39, 0.29) is 10.8 Å². The lowest BCUT2D eigenvalue weighted by Gasteiger charge is -2.20. The Labute approximate surface area is 141 Å². The number of rotatable bonds is 5. The zero-order valence-electron chi connectivity index (χ0n) is 13.2.